The molecule has 5 aromatic carbocycles. The quantitative estimate of drug-likeness (QED) is 0.206. The van der Waals surface area contributed by atoms with Gasteiger partial charge in [0.15, 0.2) is 0 Å². The molecule has 0 bridgehead atoms. The molecule has 0 aliphatic heterocycles. The molecular formula is C38H28O4S2. The molecule has 6 heteroatoms. The van der Waals surface area contributed by atoms with Crippen molar-refractivity contribution >= 4 is 25.2 Å². The molecule has 0 saturated heterocycles. The van der Waals surface area contributed by atoms with Gasteiger partial charge in [-0.25, -0.2) is 16.8 Å². The predicted octanol–water partition coefficient (Wildman–Crippen LogP) is 8.03. The lowest BCUT2D eigenvalue weighted by Crippen LogP contribution is -2.31. The summed E-state index contributed by atoms with van der Waals surface area (Å²) in [6.45, 7) is 2.21. The van der Waals surface area contributed by atoms with Crippen molar-refractivity contribution in [3.63, 3.8) is 0 Å². The van der Waals surface area contributed by atoms with Crippen molar-refractivity contribution in [3.05, 3.63) is 161 Å². The van der Waals surface area contributed by atoms with Gasteiger partial charge in [0.1, 0.15) is 0 Å². The topological polar surface area (TPSA) is 68.3 Å². The van der Waals surface area contributed by atoms with Crippen molar-refractivity contribution in [2.45, 2.75) is 38.3 Å². The fraction of sp³-hybridized carbons (Fsp3) is 0.105. The summed E-state index contributed by atoms with van der Waals surface area (Å²) < 4.78 is 55.8. The van der Waals surface area contributed by atoms with Crippen LogP contribution in [0.3, 0.4) is 0 Å². The molecule has 0 heterocycles. The van der Waals surface area contributed by atoms with E-state index in [1.165, 1.54) is 5.57 Å². The van der Waals surface area contributed by atoms with E-state index in [1.807, 2.05) is 36.4 Å². The maximum Gasteiger partial charge on any atom is 0.206 e. The average molecular weight is 613 g/mol. The number of benzene rings is 5. The van der Waals surface area contributed by atoms with Crippen LogP contribution in [-0.2, 0) is 25.1 Å². The van der Waals surface area contributed by atoms with Gasteiger partial charge in [0.2, 0.25) is 19.7 Å². The highest BCUT2D eigenvalue weighted by Crippen LogP contribution is 2.65. The van der Waals surface area contributed by atoms with Crippen molar-refractivity contribution in [3.8, 4) is 11.1 Å². The van der Waals surface area contributed by atoms with Crippen LogP contribution in [-0.4, -0.2) is 16.8 Å². The number of allylic oxidation sites excluding steroid dienone is 4. The molecule has 0 amide bonds. The Balaban J connectivity index is 1.46. The lowest BCUT2D eigenvalue weighted by atomic mass is 9.65. The maximum atomic E-state index is 13.9. The number of rotatable bonds is 4. The molecule has 8 rings (SSSR count). The third-order valence-electron chi connectivity index (χ3n) is 9.39. The van der Waals surface area contributed by atoms with Gasteiger partial charge in [-0.2, -0.15) is 0 Å². The molecular weight excluding hydrogens is 585 g/mol. The third-order valence-corrected chi connectivity index (χ3v) is 12.9. The Morgan fingerprint density at radius 3 is 1.66 bits per heavy atom. The van der Waals surface area contributed by atoms with Crippen molar-refractivity contribution in [2.75, 3.05) is 0 Å². The number of hydrogen-bond acceptors (Lipinski definition) is 4. The van der Waals surface area contributed by atoms with Crippen LogP contribution in [0.15, 0.2) is 159 Å². The molecule has 3 aliphatic carbocycles. The minimum absolute atomic E-state index is 0.143. The van der Waals surface area contributed by atoms with Crippen molar-refractivity contribution in [1.29, 1.82) is 0 Å². The zero-order valence-electron chi connectivity index (χ0n) is 23.9. The molecule has 0 fully saturated rings. The maximum absolute atomic E-state index is 13.9. The normalized spacial score (nSPS) is 19.9. The van der Waals surface area contributed by atoms with Gasteiger partial charge < -0.3 is 0 Å². The molecule has 2 atom stereocenters. The second kappa shape index (κ2) is 9.49. The van der Waals surface area contributed by atoms with E-state index in [2.05, 4.69) is 31.2 Å². The zero-order chi connectivity index (χ0) is 30.3. The van der Waals surface area contributed by atoms with Crippen LogP contribution in [0.4, 0.5) is 0 Å². The van der Waals surface area contributed by atoms with Gasteiger partial charge in [-0.05, 0) is 105 Å². The molecule has 3 aliphatic rings. The van der Waals surface area contributed by atoms with E-state index in [9.17, 15) is 16.8 Å². The van der Waals surface area contributed by atoms with E-state index in [-0.39, 0.29) is 25.5 Å². The largest absolute Gasteiger partial charge is 0.219 e. The van der Waals surface area contributed by atoms with E-state index in [0.717, 1.165) is 45.4 Å². The summed E-state index contributed by atoms with van der Waals surface area (Å²) in [4.78, 5) is 0.914. The molecule has 0 N–H and O–H groups in total. The SMILES string of the molecule is CC1CC=CC2=C1C1(c3cc(S(=O)(=O)c4ccccc4)ccc32)c2ccccc2-c2ccc(S(=O)(=O)c3ccccc3)cc21. The first-order valence-corrected chi connectivity index (χ1v) is 17.6. The van der Waals surface area contributed by atoms with Crippen LogP contribution in [0.2, 0.25) is 0 Å². The molecule has 2 unspecified atom stereocenters. The van der Waals surface area contributed by atoms with Gasteiger partial charge in [0.05, 0.1) is 25.0 Å². The first kappa shape index (κ1) is 27.1. The molecule has 0 saturated carbocycles. The summed E-state index contributed by atoms with van der Waals surface area (Å²) in [7, 11) is -7.62. The van der Waals surface area contributed by atoms with Gasteiger partial charge in [0, 0.05) is 0 Å². The van der Waals surface area contributed by atoms with Crippen LogP contribution in [0.25, 0.3) is 16.7 Å². The Morgan fingerprint density at radius 2 is 1.05 bits per heavy atom. The third kappa shape index (κ3) is 3.55. The van der Waals surface area contributed by atoms with E-state index in [4.69, 9.17) is 0 Å². The van der Waals surface area contributed by atoms with Crippen LogP contribution >= 0.6 is 0 Å². The summed E-state index contributed by atoms with van der Waals surface area (Å²) in [6, 6.07) is 36.1. The molecule has 44 heavy (non-hydrogen) atoms. The van der Waals surface area contributed by atoms with Crippen molar-refractivity contribution in [1.82, 2.24) is 0 Å². The van der Waals surface area contributed by atoms with Gasteiger partial charge in [0.25, 0.3) is 0 Å². The second-order valence-electron chi connectivity index (χ2n) is 11.7. The zero-order valence-corrected chi connectivity index (χ0v) is 25.6. The lowest BCUT2D eigenvalue weighted by Gasteiger charge is -2.36. The Morgan fingerprint density at radius 1 is 0.545 bits per heavy atom. The molecule has 1 spiro atoms. The minimum Gasteiger partial charge on any atom is -0.219 e. The molecule has 0 aromatic heterocycles. The van der Waals surface area contributed by atoms with Crippen LogP contribution in [0.5, 0.6) is 0 Å². The van der Waals surface area contributed by atoms with E-state index in [1.54, 1.807) is 72.8 Å². The average Bonchev–Trinajstić information content (AvgIpc) is 3.53. The summed E-state index contributed by atoms with van der Waals surface area (Å²) in [5.74, 6) is 0.143. The number of hydrogen-bond donors (Lipinski definition) is 0. The molecule has 5 aromatic rings. The highest BCUT2D eigenvalue weighted by Gasteiger charge is 2.54. The lowest BCUT2D eigenvalue weighted by molar-refractivity contribution is 0.586. The van der Waals surface area contributed by atoms with E-state index < -0.39 is 25.1 Å². The van der Waals surface area contributed by atoms with Crippen molar-refractivity contribution in [2.24, 2.45) is 5.92 Å². The standard InChI is InChI=1S/C38H28O4S2/c1-25-11-10-17-33-32-22-20-29(44(41,42)27-14-6-3-7-15-27)24-36(32)38(37(25)33)34-18-9-8-16-30(34)31-21-19-28(23-35(31)38)43(39,40)26-12-4-2-5-13-26/h2-10,12-25H,11H2,1H3. The Labute approximate surface area is 257 Å². The Hall–Kier alpha value is -4.52. The van der Waals surface area contributed by atoms with Gasteiger partial charge in [-0.15, -0.1) is 0 Å². The van der Waals surface area contributed by atoms with Gasteiger partial charge >= 0.3 is 0 Å². The number of fused-ring (bicyclic) bond motifs is 9. The second-order valence-corrected chi connectivity index (χ2v) is 15.6. The molecule has 216 valence electrons. The van der Waals surface area contributed by atoms with Crippen molar-refractivity contribution < 1.29 is 16.8 Å². The van der Waals surface area contributed by atoms with Gasteiger partial charge in [-0.1, -0.05) is 91.9 Å². The summed E-state index contributed by atoms with van der Waals surface area (Å²) in [6.07, 6.45) is 5.17. The summed E-state index contributed by atoms with van der Waals surface area (Å²) >= 11 is 0. The van der Waals surface area contributed by atoms with Crippen LogP contribution in [0, 0.1) is 5.92 Å². The van der Waals surface area contributed by atoms with Crippen LogP contribution < -0.4 is 0 Å². The predicted molar refractivity (Wildman–Crippen MR) is 172 cm³/mol. The Bertz CT molecular complexity index is 2280. The van der Waals surface area contributed by atoms with E-state index >= 15 is 0 Å². The fourth-order valence-electron chi connectivity index (χ4n) is 7.53. The Kier molecular flexibility index (Phi) is 5.83. The highest BCUT2D eigenvalue weighted by atomic mass is 32.2. The smallest absolute Gasteiger partial charge is 0.206 e. The highest BCUT2D eigenvalue weighted by molar-refractivity contribution is 7.91. The first-order valence-electron chi connectivity index (χ1n) is 14.7. The number of sulfone groups is 2. The summed E-state index contributed by atoms with van der Waals surface area (Å²) in [5, 5.41) is 0. The monoisotopic (exact) mass is 612 g/mol. The first-order chi connectivity index (χ1) is 21.3. The fourth-order valence-corrected chi connectivity index (χ4v) is 10.1. The van der Waals surface area contributed by atoms with Gasteiger partial charge in [-0.3, -0.25) is 0 Å². The van der Waals surface area contributed by atoms with E-state index in [0.29, 0.717) is 0 Å². The molecule has 4 nitrogen and oxygen atoms in total. The van der Waals surface area contributed by atoms with Crippen LogP contribution in [0.1, 0.15) is 35.6 Å². The minimum atomic E-state index is -3.81. The molecule has 0 radical (unpaired) electrons. The summed E-state index contributed by atoms with van der Waals surface area (Å²) in [5.41, 5.74) is 7.20.